The van der Waals surface area contributed by atoms with Crippen molar-refractivity contribution in [3.05, 3.63) is 24.0 Å². The number of pyridine rings is 1. The van der Waals surface area contributed by atoms with Crippen molar-refractivity contribution < 1.29 is 24.5 Å². The number of carboxylic acid groups (broad SMARTS) is 1. The summed E-state index contributed by atoms with van der Waals surface area (Å²) in [6.07, 6.45) is 2.76. The molecule has 0 bridgehead atoms. The van der Waals surface area contributed by atoms with Gasteiger partial charge in [-0.25, -0.2) is 9.59 Å². The van der Waals surface area contributed by atoms with Crippen LogP contribution in [-0.4, -0.2) is 45.9 Å². The molecule has 104 valence electrons. The molecule has 1 heterocycles. The zero-order chi connectivity index (χ0) is 14.5. The van der Waals surface area contributed by atoms with E-state index < -0.39 is 17.5 Å². The Balaban J connectivity index is 2.84. The Kier molecular flexibility index (Phi) is 4.82. The summed E-state index contributed by atoms with van der Waals surface area (Å²) in [4.78, 5) is 26.2. The number of rotatable bonds is 6. The first kappa shape index (κ1) is 14.9. The fourth-order valence-electron chi connectivity index (χ4n) is 1.26. The van der Waals surface area contributed by atoms with E-state index in [2.05, 4.69) is 10.3 Å². The zero-order valence-electron chi connectivity index (χ0n) is 10.7. The molecule has 0 fully saturated rings. The van der Waals surface area contributed by atoms with Crippen LogP contribution in [0.2, 0.25) is 0 Å². The Labute approximate surface area is 110 Å². The fourth-order valence-corrected chi connectivity index (χ4v) is 1.26. The molecule has 0 aromatic carbocycles. The van der Waals surface area contributed by atoms with Crippen molar-refractivity contribution in [1.82, 2.24) is 4.98 Å². The number of nitrogens with one attached hydrogen (secondary N) is 1. The molecule has 3 N–H and O–H groups in total. The maximum Gasteiger partial charge on any atom is 0.341 e. The fraction of sp³-hybridized carbons (Fsp3) is 0.417. The van der Waals surface area contributed by atoms with Crippen LogP contribution in [0.25, 0.3) is 0 Å². The number of aliphatic carboxylic acids is 1. The van der Waals surface area contributed by atoms with Crippen LogP contribution in [0.5, 0.6) is 0 Å². The van der Waals surface area contributed by atoms with Crippen molar-refractivity contribution in [1.29, 1.82) is 0 Å². The molecule has 0 saturated heterocycles. The van der Waals surface area contributed by atoms with E-state index in [4.69, 9.17) is 9.84 Å². The van der Waals surface area contributed by atoms with Gasteiger partial charge in [0, 0.05) is 12.4 Å². The van der Waals surface area contributed by atoms with E-state index in [-0.39, 0.29) is 18.7 Å². The average Bonchev–Trinajstić information content (AvgIpc) is 2.37. The van der Waals surface area contributed by atoms with E-state index in [0.717, 1.165) is 6.92 Å². The Morgan fingerprint density at radius 3 is 2.79 bits per heavy atom. The molecule has 0 spiro atoms. The molecule has 0 aliphatic carbocycles. The molecular formula is C12H16N2O5. The second kappa shape index (κ2) is 6.14. The van der Waals surface area contributed by atoms with Crippen molar-refractivity contribution in [2.45, 2.75) is 19.4 Å². The minimum Gasteiger partial charge on any atom is -0.479 e. The second-order valence-electron chi connectivity index (χ2n) is 4.07. The van der Waals surface area contributed by atoms with Crippen molar-refractivity contribution in [2.75, 3.05) is 18.5 Å². The molecule has 7 heteroatoms. The summed E-state index contributed by atoms with van der Waals surface area (Å²) in [7, 11) is 0. The van der Waals surface area contributed by atoms with E-state index >= 15 is 0 Å². The van der Waals surface area contributed by atoms with Gasteiger partial charge in [0.2, 0.25) is 0 Å². The SMILES string of the molecule is CCOC(=O)c1cnccc1NCC(C)(O)C(=O)O. The summed E-state index contributed by atoms with van der Waals surface area (Å²) in [6.45, 7) is 2.81. The summed E-state index contributed by atoms with van der Waals surface area (Å²) < 4.78 is 4.85. The monoisotopic (exact) mass is 268 g/mol. The van der Waals surface area contributed by atoms with Crippen LogP contribution >= 0.6 is 0 Å². The topological polar surface area (TPSA) is 109 Å². The van der Waals surface area contributed by atoms with Crippen molar-refractivity contribution in [2.24, 2.45) is 0 Å². The van der Waals surface area contributed by atoms with Gasteiger partial charge in [0.05, 0.1) is 18.8 Å². The van der Waals surface area contributed by atoms with E-state index in [9.17, 15) is 14.7 Å². The third-order valence-corrected chi connectivity index (χ3v) is 2.40. The first-order valence-corrected chi connectivity index (χ1v) is 5.69. The summed E-state index contributed by atoms with van der Waals surface area (Å²) in [5, 5.41) is 21.1. The quantitative estimate of drug-likeness (QED) is 0.645. The van der Waals surface area contributed by atoms with Gasteiger partial charge in [-0.1, -0.05) is 0 Å². The van der Waals surface area contributed by atoms with Crippen LogP contribution < -0.4 is 5.32 Å². The van der Waals surface area contributed by atoms with Gasteiger partial charge in [0.25, 0.3) is 0 Å². The number of hydrogen-bond acceptors (Lipinski definition) is 6. The molecule has 0 aliphatic heterocycles. The third kappa shape index (κ3) is 3.92. The van der Waals surface area contributed by atoms with Gasteiger partial charge in [-0.05, 0) is 19.9 Å². The Hall–Kier alpha value is -2.15. The number of nitrogens with zero attached hydrogens (tertiary/aromatic N) is 1. The summed E-state index contributed by atoms with van der Waals surface area (Å²) in [5.41, 5.74) is -1.39. The summed E-state index contributed by atoms with van der Waals surface area (Å²) >= 11 is 0. The first-order valence-electron chi connectivity index (χ1n) is 5.69. The number of hydrogen-bond donors (Lipinski definition) is 3. The first-order chi connectivity index (χ1) is 8.88. The normalized spacial score (nSPS) is 13.4. The van der Waals surface area contributed by atoms with E-state index in [1.54, 1.807) is 6.92 Å². The largest absolute Gasteiger partial charge is 0.479 e. The number of anilines is 1. The standard InChI is InChI=1S/C12H16N2O5/c1-3-19-10(15)8-6-13-5-4-9(8)14-7-12(2,18)11(16)17/h4-6,18H,3,7H2,1-2H3,(H,13,14)(H,16,17). The lowest BCUT2D eigenvalue weighted by Gasteiger charge is -2.20. The third-order valence-electron chi connectivity index (χ3n) is 2.40. The number of ether oxygens (including phenoxy) is 1. The predicted octanol–water partition coefficient (Wildman–Crippen LogP) is 0.506. The molecule has 19 heavy (non-hydrogen) atoms. The molecule has 1 aromatic rings. The van der Waals surface area contributed by atoms with Crippen molar-refractivity contribution in [3.8, 4) is 0 Å². The Morgan fingerprint density at radius 2 is 2.21 bits per heavy atom. The van der Waals surface area contributed by atoms with Crippen LogP contribution in [0.1, 0.15) is 24.2 Å². The van der Waals surface area contributed by atoms with E-state index in [0.29, 0.717) is 5.69 Å². The number of carbonyl (C=O) groups is 2. The highest BCUT2D eigenvalue weighted by molar-refractivity contribution is 5.95. The van der Waals surface area contributed by atoms with E-state index in [1.165, 1.54) is 18.5 Å². The predicted molar refractivity (Wildman–Crippen MR) is 66.9 cm³/mol. The smallest absolute Gasteiger partial charge is 0.341 e. The van der Waals surface area contributed by atoms with Gasteiger partial charge >= 0.3 is 11.9 Å². The lowest BCUT2D eigenvalue weighted by molar-refractivity contribution is -0.155. The second-order valence-corrected chi connectivity index (χ2v) is 4.07. The molecule has 0 saturated carbocycles. The number of aromatic nitrogens is 1. The molecule has 1 atom stereocenters. The van der Waals surface area contributed by atoms with Gasteiger partial charge in [0.15, 0.2) is 5.60 Å². The number of carboxylic acids is 1. The van der Waals surface area contributed by atoms with Gasteiger partial charge in [-0.15, -0.1) is 0 Å². The van der Waals surface area contributed by atoms with Gasteiger partial charge in [0.1, 0.15) is 5.56 Å². The van der Waals surface area contributed by atoms with Gasteiger partial charge in [-0.2, -0.15) is 0 Å². The Morgan fingerprint density at radius 1 is 1.53 bits per heavy atom. The number of carbonyl (C=O) groups excluding carboxylic acids is 1. The molecule has 1 aromatic heterocycles. The molecule has 1 rings (SSSR count). The van der Waals surface area contributed by atoms with Crippen LogP contribution in [-0.2, 0) is 9.53 Å². The number of esters is 1. The van der Waals surface area contributed by atoms with Gasteiger partial charge < -0.3 is 20.3 Å². The molecule has 0 amide bonds. The molecule has 0 radical (unpaired) electrons. The number of aliphatic hydroxyl groups is 1. The zero-order valence-corrected chi connectivity index (χ0v) is 10.7. The summed E-state index contributed by atoms with van der Waals surface area (Å²) in [6, 6.07) is 1.50. The van der Waals surface area contributed by atoms with Crippen molar-refractivity contribution >= 4 is 17.6 Å². The van der Waals surface area contributed by atoms with E-state index in [1.807, 2.05) is 0 Å². The highest BCUT2D eigenvalue weighted by Gasteiger charge is 2.30. The van der Waals surface area contributed by atoms with Crippen molar-refractivity contribution in [3.63, 3.8) is 0 Å². The molecular weight excluding hydrogens is 252 g/mol. The highest BCUT2D eigenvalue weighted by atomic mass is 16.5. The Bertz CT molecular complexity index is 473. The average molecular weight is 268 g/mol. The van der Waals surface area contributed by atoms with Crippen LogP contribution in [0, 0.1) is 0 Å². The minimum absolute atomic E-state index is 0.186. The maximum absolute atomic E-state index is 11.6. The molecule has 7 nitrogen and oxygen atoms in total. The molecule has 1 unspecified atom stereocenters. The summed E-state index contributed by atoms with van der Waals surface area (Å²) in [5.74, 6) is -1.92. The van der Waals surface area contributed by atoms with Crippen LogP contribution in [0.3, 0.4) is 0 Å². The molecule has 0 aliphatic rings. The van der Waals surface area contributed by atoms with Gasteiger partial charge in [-0.3, -0.25) is 4.98 Å². The maximum atomic E-state index is 11.6. The lowest BCUT2D eigenvalue weighted by Crippen LogP contribution is -2.42. The highest BCUT2D eigenvalue weighted by Crippen LogP contribution is 2.16. The van der Waals surface area contributed by atoms with Crippen LogP contribution in [0.4, 0.5) is 5.69 Å². The lowest BCUT2D eigenvalue weighted by atomic mass is 10.1. The minimum atomic E-state index is -1.94. The van der Waals surface area contributed by atoms with Crippen LogP contribution in [0.15, 0.2) is 18.5 Å².